The van der Waals surface area contributed by atoms with Gasteiger partial charge in [-0.2, -0.15) is 0 Å². The lowest BCUT2D eigenvalue weighted by Gasteiger charge is -2.50. The summed E-state index contributed by atoms with van der Waals surface area (Å²) >= 11 is 0. The van der Waals surface area contributed by atoms with Crippen LogP contribution in [-0.4, -0.2) is 76.0 Å². The van der Waals surface area contributed by atoms with Crippen LogP contribution in [0.3, 0.4) is 0 Å². The first-order chi connectivity index (χ1) is 15.1. The van der Waals surface area contributed by atoms with Crippen LogP contribution in [0, 0.1) is 17.8 Å². The van der Waals surface area contributed by atoms with Gasteiger partial charge in [0.2, 0.25) is 5.91 Å². The number of likely N-dealkylation sites (tertiary alicyclic amines) is 1. The van der Waals surface area contributed by atoms with Crippen LogP contribution >= 0.6 is 0 Å². The number of piperidine rings is 4. The van der Waals surface area contributed by atoms with Crippen LogP contribution in [0.1, 0.15) is 50.6 Å². The lowest BCUT2D eigenvalue weighted by molar-refractivity contribution is -0.152. The SMILES string of the molecule is COC(=O)C1CCN(C(=O)[C@H]2CN3CCC2C[C@@H]3Cn2cc(C3=CCCC3)nn2)CC1. The Morgan fingerprint density at radius 1 is 1.19 bits per heavy atom. The van der Waals surface area contributed by atoms with Crippen molar-refractivity contribution in [2.45, 2.75) is 57.5 Å². The summed E-state index contributed by atoms with van der Waals surface area (Å²) in [4.78, 5) is 29.5. The minimum absolute atomic E-state index is 0.0578. The van der Waals surface area contributed by atoms with Crippen LogP contribution in [-0.2, 0) is 20.9 Å². The van der Waals surface area contributed by atoms with E-state index in [1.54, 1.807) is 0 Å². The Morgan fingerprint density at radius 3 is 2.71 bits per heavy atom. The van der Waals surface area contributed by atoms with Gasteiger partial charge < -0.3 is 9.64 Å². The van der Waals surface area contributed by atoms with Crippen LogP contribution in [0.2, 0.25) is 0 Å². The number of fused-ring (bicyclic) bond motifs is 3. The number of hydrogen-bond donors (Lipinski definition) is 0. The molecule has 4 aliphatic heterocycles. The molecule has 5 heterocycles. The number of esters is 1. The summed E-state index contributed by atoms with van der Waals surface area (Å²) in [5, 5.41) is 8.77. The van der Waals surface area contributed by atoms with Gasteiger partial charge in [0.05, 0.1) is 31.7 Å². The van der Waals surface area contributed by atoms with Gasteiger partial charge in [0.15, 0.2) is 0 Å². The average molecular weight is 428 g/mol. The molecule has 8 nitrogen and oxygen atoms in total. The molecule has 0 aromatic carbocycles. The van der Waals surface area contributed by atoms with E-state index in [0.29, 0.717) is 37.9 Å². The number of allylic oxidation sites excluding steroid dienone is 2. The lowest BCUT2D eigenvalue weighted by atomic mass is 9.74. The minimum atomic E-state index is -0.140. The summed E-state index contributed by atoms with van der Waals surface area (Å²) in [7, 11) is 1.44. The van der Waals surface area contributed by atoms with E-state index >= 15 is 0 Å². The number of aromatic nitrogens is 3. The summed E-state index contributed by atoms with van der Waals surface area (Å²) < 4.78 is 6.86. The van der Waals surface area contributed by atoms with Crippen LogP contribution < -0.4 is 0 Å². The number of methoxy groups -OCH3 is 1. The number of rotatable bonds is 5. The van der Waals surface area contributed by atoms with Crippen molar-refractivity contribution in [2.75, 3.05) is 33.3 Å². The van der Waals surface area contributed by atoms with E-state index in [2.05, 4.69) is 27.5 Å². The molecule has 5 aliphatic rings. The Hall–Kier alpha value is -2.22. The number of nitrogens with zero attached hydrogens (tertiary/aromatic N) is 5. The molecule has 0 radical (unpaired) electrons. The monoisotopic (exact) mass is 427 g/mol. The highest BCUT2D eigenvalue weighted by Crippen LogP contribution is 2.38. The Bertz CT molecular complexity index is 857. The first kappa shape index (κ1) is 20.7. The standard InChI is InChI=1S/C23H33N5O3/c1-31-23(30)17-6-9-26(10-7-17)22(29)20-14-27-11-8-18(20)12-19(27)13-28-15-21(24-25-28)16-4-2-3-5-16/h4,15,17-20H,2-3,5-14H2,1H3/t18?,19-,20+/m1/s1. The Labute approximate surface area is 183 Å². The molecule has 1 aliphatic carbocycles. The fraction of sp³-hybridized carbons (Fsp3) is 0.739. The van der Waals surface area contributed by atoms with Gasteiger partial charge >= 0.3 is 5.97 Å². The molecule has 8 heteroatoms. The first-order valence-electron chi connectivity index (χ1n) is 11.8. The molecule has 1 amide bonds. The Morgan fingerprint density at radius 2 is 2.03 bits per heavy atom. The number of hydrogen-bond acceptors (Lipinski definition) is 6. The number of carbonyl (C=O) groups excluding carboxylic acids is 2. The van der Waals surface area contributed by atoms with Crippen molar-refractivity contribution in [1.29, 1.82) is 0 Å². The topological polar surface area (TPSA) is 80.6 Å². The highest BCUT2D eigenvalue weighted by molar-refractivity contribution is 5.80. The first-order valence-corrected chi connectivity index (χ1v) is 11.8. The molecule has 4 atom stereocenters. The molecule has 0 saturated carbocycles. The minimum Gasteiger partial charge on any atom is -0.469 e. The van der Waals surface area contributed by atoms with Crippen molar-refractivity contribution in [3.05, 3.63) is 18.0 Å². The van der Waals surface area contributed by atoms with Gasteiger partial charge in [0, 0.05) is 25.7 Å². The highest BCUT2D eigenvalue weighted by atomic mass is 16.5. The zero-order chi connectivity index (χ0) is 21.4. The van der Waals surface area contributed by atoms with Crippen LogP contribution in [0.5, 0.6) is 0 Å². The molecule has 31 heavy (non-hydrogen) atoms. The van der Waals surface area contributed by atoms with Gasteiger partial charge in [-0.1, -0.05) is 11.3 Å². The van der Waals surface area contributed by atoms with Crippen LogP contribution in [0.4, 0.5) is 0 Å². The summed E-state index contributed by atoms with van der Waals surface area (Å²) in [6.45, 7) is 4.10. The van der Waals surface area contributed by atoms with E-state index in [1.165, 1.54) is 19.1 Å². The third-order valence-electron chi connectivity index (χ3n) is 7.84. The molecular weight excluding hydrogens is 394 g/mol. The second kappa shape index (κ2) is 8.73. The second-order valence-corrected chi connectivity index (χ2v) is 9.61. The molecule has 6 rings (SSSR count). The molecule has 0 spiro atoms. The van der Waals surface area contributed by atoms with Crippen LogP contribution in [0.15, 0.2) is 12.3 Å². The maximum atomic E-state index is 13.3. The Kier molecular flexibility index (Phi) is 5.82. The van der Waals surface area contributed by atoms with Gasteiger partial charge in [-0.05, 0) is 63.0 Å². The normalized spacial score (nSPS) is 31.0. The number of ether oxygens (including phenoxy) is 1. The Balaban J connectivity index is 1.17. The molecule has 0 N–H and O–H groups in total. The highest BCUT2D eigenvalue weighted by Gasteiger charge is 2.45. The quantitative estimate of drug-likeness (QED) is 0.669. The van der Waals surface area contributed by atoms with E-state index in [0.717, 1.165) is 51.0 Å². The van der Waals surface area contributed by atoms with Crippen molar-refractivity contribution in [3.8, 4) is 0 Å². The van der Waals surface area contributed by atoms with E-state index < -0.39 is 0 Å². The molecule has 4 saturated heterocycles. The largest absolute Gasteiger partial charge is 0.469 e. The average Bonchev–Trinajstić information content (AvgIpc) is 3.51. The molecule has 2 bridgehead atoms. The van der Waals surface area contributed by atoms with Crippen LogP contribution in [0.25, 0.3) is 5.57 Å². The van der Waals surface area contributed by atoms with Crippen molar-refractivity contribution in [1.82, 2.24) is 24.8 Å². The van der Waals surface area contributed by atoms with Gasteiger partial charge in [0.25, 0.3) is 0 Å². The smallest absolute Gasteiger partial charge is 0.308 e. The van der Waals surface area contributed by atoms with Gasteiger partial charge in [-0.3, -0.25) is 19.2 Å². The number of amides is 1. The third-order valence-corrected chi connectivity index (χ3v) is 7.84. The summed E-state index contributed by atoms with van der Waals surface area (Å²) in [6, 6.07) is 0.431. The zero-order valence-corrected chi connectivity index (χ0v) is 18.4. The van der Waals surface area contributed by atoms with E-state index in [9.17, 15) is 9.59 Å². The number of carbonyl (C=O) groups is 2. The van der Waals surface area contributed by atoms with Crippen molar-refractivity contribution in [2.24, 2.45) is 17.8 Å². The predicted molar refractivity (Wildman–Crippen MR) is 115 cm³/mol. The predicted octanol–water partition coefficient (Wildman–Crippen LogP) is 1.97. The maximum Gasteiger partial charge on any atom is 0.308 e. The van der Waals surface area contributed by atoms with E-state index in [-0.39, 0.29) is 23.7 Å². The summed E-state index contributed by atoms with van der Waals surface area (Å²) in [6.07, 6.45) is 11.4. The maximum absolute atomic E-state index is 13.3. The second-order valence-electron chi connectivity index (χ2n) is 9.61. The zero-order valence-electron chi connectivity index (χ0n) is 18.4. The molecule has 2 unspecified atom stereocenters. The summed E-state index contributed by atoms with van der Waals surface area (Å²) in [5.41, 5.74) is 2.36. The molecular formula is C23H33N5O3. The molecule has 168 valence electrons. The third kappa shape index (κ3) is 4.14. The fourth-order valence-corrected chi connectivity index (χ4v) is 6.00. The lowest BCUT2D eigenvalue weighted by Crippen LogP contribution is -2.59. The van der Waals surface area contributed by atoms with Gasteiger partial charge in [-0.25, -0.2) is 0 Å². The van der Waals surface area contributed by atoms with Crippen molar-refractivity contribution >= 4 is 17.4 Å². The van der Waals surface area contributed by atoms with Crippen molar-refractivity contribution in [3.63, 3.8) is 0 Å². The van der Waals surface area contributed by atoms with E-state index in [4.69, 9.17) is 4.74 Å². The fourth-order valence-electron chi connectivity index (χ4n) is 6.00. The molecule has 1 aromatic heterocycles. The molecule has 1 aromatic rings. The van der Waals surface area contributed by atoms with E-state index in [1.807, 2.05) is 9.58 Å². The summed E-state index contributed by atoms with van der Waals surface area (Å²) in [5.74, 6) is 0.625. The molecule has 4 fully saturated rings. The van der Waals surface area contributed by atoms with Gasteiger partial charge in [-0.15, -0.1) is 5.10 Å². The van der Waals surface area contributed by atoms with Gasteiger partial charge in [0.1, 0.15) is 5.69 Å². The van der Waals surface area contributed by atoms with Crippen molar-refractivity contribution < 1.29 is 14.3 Å².